The molecule has 1 aromatic heterocycles. The number of halogens is 3. The van der Waals surface area contributed by atoms with Crippen molar-refractivity contribution in [3.8, 4) is 17.0 Å². The van der Waals surface area contributed by atoms with E-state index in [4.69, 9.17) is 0 Å². The second-order valence-corrected chi connectivity index (χ2v) is 6.31. The molecule has 3 rings (SSSR count). The normalized spacial score (nSPS) is 15.4. The van der Waals surface area contributed by atoms with E-state index in [-0.39, 0.29) is 11.1 Å². The van der Waals surface area contributed by atoms with Gasteiger partial charge in [0.25, 0.3) is 0 Å². The number of benzene rings is 1. The van der Waals surface area contributed by atoms with E-state index in [2.05, 4.69) is 10.2 Å². The molecule has 8 heteroatoms. The molecule has 1 aliphatic heterocycles. The van der Waals surface area contributed by atoms with E-state index in [1.54, 1.807) is 13.0 Å². The van der Waals surface area contributed by atoms with Crippen molar-refractivity contribution in [1.82, 2.24) is 10.2 Å². The van der Waals surface area contributed by atoms with Gasteiger partial charge in [0.1, 0.15) is 5.75 Å². The summed E-state index contributed by atoms with van der Waals surface area (Å²) in [5.74, 6) is 0.189. The second kappa shape index (κ2) is 6.18. The number of anilines is 1. The van der Waals surface area contributed by atoms with Gasteiger partial charge in [-0.3, -0.25) is 0 Å². The van der Waals surface area contributed by atoms with Crippen LogP contribution in [0.2, 0.25) is 0 Å². The van der Waals surface area contributed by atoms with Crippen LogP contribution >= 0.6 is 0 Å². The summed E-state index contributed by atoms with van der Waals surface area (Å²) in [6.07, 6.45) is -4.33. The van der Waals surface area contributed by atoms with Crippen molar-refractivity contribution >= 4 is 5.82 Å². The van der Waals surface area contributed by atoms with Crippen LogP contribution in [-0.4, -0.2) is 39.6 Å². The number of aliphatic hydroxyl groups excluding tert-OH is 1. The number of nitrogens with zero attached hydrogens (tertiary/aromatic N) is 3. The Kier molecular flexibility index (Phi) is 4.32. The third-order valence-electron chi connectivity index (χ3n) is 4.18. The fourth-order valence-electron chi connectivity index (χ4n) is 3.12. The molecule has 1 aliphatic rings. The van der Waals surface area contributed by atoms with Gasteiger partial charge in [0.15, 0.2) is 5.82 Å². The predicted molar refractivity (Wildman–Crippen MR) is 86.5 cm³/mol. The minimum Gasteiger partial charge on any atom is -0.507 e. The van der Waals surface area contributed by atoms with Crippen molar-refractivity contribution in [3.05, 3.63) is 34.9 Å². The van der Waals surface area contributed by atoms with Crippen LogP contribution in [0.4, 0.5) is 19.0 Å². The van der Waals surface area contributed by atoms with E-state index in [1.165, 1.54) is 6.92 Å². The summed E-state index contributed by atoms with van der Waals surface area (Å²) in [6, 6.07) is 3.43. The Labute approximate surface area is 142 Å². The summed E-state index contributed by atoms with van der Waals surface area (Å²) in [4.78, 5) is 1.91. The lowest BCUT2D eigenvalue weighted by Gasteiger charge is -2.19. The molecule has 2 heterocycles. The van der Waals surface area contributed by atoms with Gasteiger partial charge in [-0.05, 0) is 44.0 Å². The van der Waals surface area contributed by atoms with Crippen LogP contribution in [0.15, 0.2) is 18.2 Å². The number of aromatic hydroxyl groups is 1. The molecule has 0 amide bonds. The number of phenolic OH excluding ortho intramolecular Hbond substituents is 1. The quantitative estimate of drug-likeness (QED) is 0.888. The van der Waals surface area contributed by atoms with Gasteiger partial charge in [-0.2, -0.15) is 13.2 Å². The molecule has 0 saturated heterocycles. The van der Waals surface area contributed by atoms with Crippen LogP contribution in [0.1, 0.15) is 23.6 Å². The zero-order valence-corrected chi connectivity index (χ0v) is 13.8. The van der Waals surface area contributed by atoms with Gasteiger partial charge in [-0.1, -0.05) is 0 Å². The smallest absolute Gasteiger partial charge is 0.416 e. The third kappa shape index (κ3) is 3.39. The van der Waals surface area contributed by atoms with E-state index in [0.717, 1.165) is 11.6 Å². The number of fused-ring (bicyclic) bond motifs is 1. The Morgan fingerprint density at radius 3 is 2.56 bits per heavy atom. The summed E-state index contributed by atoms with van der Waals surface area (Å²) < 4.78 is 38.5. The lowest BCUT2D eigenvalue weighted by Crippen LogP contribution is -2.29. The van der Waals surface area contributed by atoms with Crippen LogP contribution in [0.5, 0.6) is 5.75 Å². The number of hydrogen-bond acceptors (Lipinski definition) is 5. The van der Waals surface area contributed by atoms with Gasteiger partial charge in [0.2, 0.25) is 0 Å². The molecule has 1 atom stereocenters. The van der Waals surface area contributed by atoms with E-state index >= 15 is 0 Å². The first-order valence-corrected chi connectivity index (χ1v) is 7.87. The zero-order chi connectivity index (χ0) is 18.4. The van der Waals surface area contributed by atoms with Crippen LogP contribution in [0.25, 0.3) is 11.3 Å². The Morgan fingerprint density at radius 1 is 1.24 bits per heavy atom. The highest BCUT2D eigenvalue weighted by Gasteiger charge is 2.32. The topological polar surface area (TPSA) is 69.5 Å². The number of hydrogen-bond donors (Lipinski definition) is 2. The average molecular weight is 353 g/mol. The SMILES string of the molecule is Cc1cc(C(F)(F)F)cc(O)c1-c1cc2c(nn1)N(CC(C)O)CC2. The van der Waals surface area contributed by atoms with Gasteiger partial charge in [-0.25, -0.2) is 0 Å². The number of rotatable bonds is 3. The van der Waals surface area contributed by atoms with Crippen molar-refractivity contribution in [2.24, 2.45) is 0 Å². The predicted octanol–water partition coefficient (Wildman–Crippen LogP) is 2.92. The van der Waals surface area contributed by atoms with E-state index in [0.29, 0.717) is 37.1 Å². The van der Waals surface area contributed by atoms with Crippen LogP contribution < -0.4 is 4.90 Å². The Morgan fingerprint density at radius 2 is 1.96 bits per heavy atom. The van der Waals surface area contributed by atoms with E-state index in [1.807, 2.05) is 4.90 Å². The molecule has 0 bridgehead atoms. The molecule has 5 nitrogen and oxygen atoms in total. The summed E-state index contributed by atoms with van der Waals surface area (Å²) in [5, 5.41) is 27.8. The maximum absolute atomic E-state index is 12.8. The number of aromatic nitrogens is 2. The highest BCUT2D eigenvalue weighted by atomic mass is 19.4. The number of β-amino-alcohol motifs (C(OH)–C–C–N with tert-alkyl or cyclic N) is 1. The third-order valence-corrected chi connectivity index (χ3v) is 4.18. The molecule has 134 valence electrons. The monoisotopic (exact) mass is 353 g/mol. The largest absolute Gasteiger partial charge is 0.507 e. The Bertz CT molecular complexity index is 783. The first-order valence-electron chi connectivity index (χ1n) is 7.87. The van der Waals surface area contributed by atoms with E-state index < -0.39 is 23.6 Å². The molecule has 0 fully saturated rings. The van der Waals surface area contributed by atoms with Crippen LogP contribution in [0, 0.1) is 6.92 Å². The lowest BCUT2D eigenvalue weighted by molar-refractivity contribution is -0.137. The zero-order valence-electron chi connectivity index (χ0n) is 13.8. The molecule has 1 aromatic carbocycles. The summed E-state index contributed by atoms with van der Waals surface area (Å²) in [5.41, 5.74) is 0.854. The molecule has 2 N–H and O–H groups in total. The maximum Gasteiger partial charge on any atom is 0.416 e. The second-order valence-electron chi connectivity index (χ2n) is 6.31. The number of alkyl halides is 3. The maximum atomic E-state index is 12.8. The average Bonchev–Trinajstić information content (AvgIpc) is 2.87. The van der Waals surface area contributed by atoms with Gasteiger partial charge in [-0.15, -0.1) is 10.2 Å². The summed E-state index contributed by atoms with van der Waals surface area (Å²) in [7, 11) is 0. The fourth-order valence-corrected chi connectivity index (χ4v) is 3.12. The minimum atomic E-state index is -4.52. The summed E-state index contributed by atoms with van der Waals surface area (Å²) >= 11 is 0. The van der Waals surface area contributed by atoms with E-state index in [9.17, 15) is 23.4 Å². The molecule has 0 aliphatic carbocycles. The van der Waals surface area contributed by atoms with Gasteiger partial charge in [0, 0.05) is 24.2 Å². The molecule has 0 spiro atoms. The highest BCUT2D eigenvalue weighted by molar-refractivity contribution is 5.73. The van der Waals surface area contributed by atoms with Crippen LogP contribution in [-0.2, 0) is 12.6 Å². The van der Waals surface area contributed by atoms with Gasteiger partial charge < -0.3 is 15.1 Å². The molecule has 0 radical (unpaired) electrons. The van der Waals surface area contributed by atoms with Crippen molar-refractivity contribution in [2.75, 3.05) is 18.0 Å². The number of phenols is 1. The molecule has 1 unspecified atom stereocenters. The molecule has 2 aromatic rings. The van der Waals surface area contributed by atoms with Crippen molar-refractivity contribution in [2.45, 2.75) is 32.5 Å². The minimum absolute atomic E-state index is 0.247. The number of aryl methyl sites for hydroxylation is 1. The van der Waals surface area contributed by atoms with Gasteiger partial charge >= 0.3 is 6.18 Å². The molecular formula is C17H18F3N3O2. The van der Waals surface area contributed by atoms with Crippen molar-refractivity contribution in [1.29, 1.82) is 0 Å². The van der Waals surface area contributed by atoms with Crippen LogP contribution in [0.3, 0.4) is 0 Å². The lowest BCUT2D eigenvalue weighted by atomic mass is 9.99. The van der Waals surface area contributed by atoms with Gasteiger partial charge in [0.05, 0.1) is 17.4 Å². The number of aliphatic hydroxyl groups is 1. The molecular weight excluding hydrogens is 335 g/mol. The Hall–Kier alpha value is -2.35. The Balaban J connectivity index is 1.99. The fraction of sp³-hybridized carbons (Fsp3) is 0.412. The standard InChI is InChI=1S/C17H18F3N3O2/c1-9-5-12(17(18,19)20)7-14(25)15(9)13-6-11-3-4-23(8-10(2)24)16(11)22-21-13/h5-7,10,24-25H,3-4,8H2,1-2H3. The first kappa shape index (κ1) is 17.5. The van der Waals surface area contributed by atoms with Crippen molar-refractivity contribution < 1.29 is 23.4 Å². The first-order chi connectivity index (χ1) is 11.7. The van der Waals surface area contributed by atoms with Crippen molar-refractivity contribution in [3.63, 3.8) is 0 Å². The molecule has 25 heavy (non-hydrogen) atoms. The molecule has 0 saturated carbocycles. The summed E-state index contributed by atoms with van der Waals surface area (Å²) in [6.45, 7) is 4.31. The highest BCUT2D eigenvalue weighted by Crippen LogP contribution is 2.39.